The number of halogens is 1. The molecule has 14 heavy (non-hydrogen) atoms. The van der Waals surface area contributed by atoms with E-state index in [-0.39, 0.29) is 11.8 Å². The normalized spacial score (nSPS) is 9.50. The third-order valence-electron chi connectivity index (χ3n) is 1.80. The molecule has 0 bridgehead atoms. The fourth-order valence-corrected chi connectivity index (χ4v) is 1.12. The summed E-state index contributed by atoms with van der Waals surface area (Å²) < 4.78 is 0. The third-order valence-corrected chi connectivity index (χ3v) is 2.05. The van der Waals surface area contributed by atoms with Crippen LogP contribution in [0.3, 0.4) is 0 Å². The molecule has 1 aromatic carbocycles. The highest BCUT2D eigenvalue weighted by molar-refractivity contribution is 6.27. The van der Waals surface area contributed by atoms with Crippen molar-refractivity contribution in [1.82, 2.24) is 5.32 Å². The Bertz CT molecular complexity index is 321. The summed E-state index contributed by atoms with van der Waals surface area (Å²) in [6.45, 7) is 4.31. The van der Waals surface area contributed by atoms with Crippen molar-refractivity contribution in [1.29, 1.82) is 0 Å². The third kappa shape index (κ3) is 3.23. The van der Waals surface area contributed by atoms with E-state index in [1.165, 1.54) is 0 Å². The largest absolute Gasteiger partial charge is 0.351 e. The molecular formula is C11H12ClNO. The zero-order valence-corrected chi connectivity index (χ0v) is 8.55. The molecular weight excluding hydrogens is 198 g/mol. The molecule has 0 aliphatic rings. The Morgan fingerprint density at radius 2 is 2.00 bits per heavy atom. The van der Waals surface area contributed by atoms with E-state index in [0.29, 0.717) is 6.54 Å². The van der Waals surface area contributed by atoms with Crippen molar-refractivity contribution in [3.8, 4) is 0 Å². The summed E-state index contributed by atoms with van der Waals surface area (Å²) in [6, 6.07) is 9.71. The molecule has 0 saturated carbocycles. The first-order valence-electron chi connectivity index (χ1n) is 4.30. The minimum absolute atomic E-state index is 0.0118. The van der Waals surface area contributed by atoms with Crippen LogP contribution in [0, 0.1) is 0 Å². The van der Waals surface area contributed by atoms with E-state index < -0.39 is 0 Å². The van der Waals surface area contributed by atoms with Crippen LogP contribution in [0.1, 0.15) is 5.56 Å². The molecule has 2 nitrogen and oxygen atoms in total. The minimum Gasteiger partial charge on any atom is -0.351 e. The highest BCUT2D eigenvalue weighted by atomic mass is 35.5. The Hall–Kier alpha value is -1.28. The lowest BCUT2D eigenvalue weighted by Gasteiger charge is -2.06. The molecule has 0 spiro atoms. The summed E-state index contributed by atoms with van der Waals surface area (Å²) in [5, 5.41) is 2.66. The smallest absolute Gasteiger partial charge is 0.235 e. The van der Waals surface area contributed by atoms with Crippen LogP contribution in [0.4, 0.5) is 0 Å². The zero-order chi connectivity index (χ0) is 10.4. The number of carbonyl (C=O) groups excluding carboxylic acids is 1. The van der Waals surface area contributed by atoms with Crippen LogP contribution in [-0.4, -0.2) is 18.3 Å². The molecule has 0 saturated heterocycles. The van der Waals surface area contributed by atoms with Gasteiger partial charge >= 0.3 is 0 Å². The van der Waals surface area contributed by atoms with Crippen LogP contribution in [0.5, 0.6) is 0 Å². The van der Waals surface area contributed by atoms with E-state index in [1.54, 1.807) is 0 Å². The maximum Gasteiger partial charge on any atom is 0.235 e. The summed E-state index contributed by atoms with van der Waals surface area (Å²) in [5.74, 6) is -0.189. The molecule has 1 N–H and O–H groups in total. The Morgan fingerprint density at radius 1 is 1.36 bits per heavy atom. The molecule has 0 heterocycles. The maximum absolute atomic E-state index is 10.9. The van der Waals surface area contributed by atoms with Crippen molar-refractivity contribution in [3.05, 3.63) is 42.5 Å². The topological polar surface area (TPSA) is 29.1 Å². The van der Waals surface area contributed by atoms with Gasteiger partial charge in [0.05, 0.1) is 0 Å². The lowest BCUT2D eigenvalue weighted by Crippen LogP contribution is -2.25. The van der Waals surface area contributed by atoms with Gasteiger partial charge in [0.25, 0.3) is 0 Å². The van der Waals surface area contributed by atoms with Crippen molar-refractivity contribution in [3.63, 3.8) is 0 Å². The number of hydrogen-bond acceptors (Lipinski definition) is 1. The fraction of sp³-hybridized carbons (Fsp3) is 0.182. The Morgan fingerprint density at radius 3 is 2.57 bits per heavy atom. The van der Waals surface area contributed by atoms with E-state index >= 15 is 0 Å². The standard InChI is InChI=1S/C11H12ClNO/c1-9(8-13-11(14)7-12)10-5-3-2-4-6-10/h2-6H,1,7-8H2,(H,13,14). The molecule has 0 atom stereocenters. The quantitative estimate of drug-likeness (QED) is 0.756. The van der Waals surface area contributed by atoms with Gasteiger partial charge in [0.2, 0.25) is 5.91 Å². The minimum atomic E-state index is -0.177. The van der Waals surface area contributed by atoms with Crippen molar-refractivity contribution < 1.29 is 4.79 Å². The SMILES string of the molecule is C=C(CNC(=O)CCl)c1ccccc1. The number of carbonyl (C=O) groups is 1. The Labute approximate surface area is 88.6 Å². The average molecular weight is 210 g/mol. The van der Waals surface area contributed by atoms with Gasteiger partial charge in [-0.3, -0.25) is 4.79 Å². The highest BCUT2D eigenvalue weighted by Crippen LogP contribution is 2.09. The molecule has 3 heteroatoms. The number of nitrogens with one attached hydrogen (secondary N) is 1. The predicted octanol–water partition coefficient (Wildman–Crippen LogP) is 2.05. The molecule has 0 aromatic heterocycles. The van der Waals surface area contributed by atoms with Gasteiger partial charge in [-0.15, -0.1) is 11.6 Å². The van der Waals surface area contributed by atoms with E-state index in [9.17, 15) is 4.79 Å². The number of amides is 1. The van der Waals surface area contributed by atoms with Gasteiger partial charge in [-0.1, -0.05) is 36.9 Å². The van der Waals surface area contributed by atoms with Crippen LogP contribution in [0.25, 0.3) is 5.57 Å². The number of alkyl halides is 1. The van der Waals surface area contributed by atoms with Crippen molar-refractivity contribution in [2.24, 2.45) is 0 Å². The average Bonchev–Trinajstić information content (AvgIpc) is 2.26. The molecule has 1 aromatic rings. The van der Waals surface area contributed by atoms with Gasteiger partial charge in [-0.05, 0) is 11.1 Å². The molecule has 1 rings (SSSR count). The lowest BCUT2D eigenvalue weighted by molar-refractivity contribution is -0.118. The molecule has 0 radical (unpaired) electrons. The van der Waals surface area contributed by atoms with Gasteiger partial charge in [0.1, 0.15) is 5.88 Å². The van der Waals surface area contributed by atoms with Crippen LogP contribution < -0.4 is 5.32 Å². The van der Waals surface area contributed by atoms with Crippen LogP contribution >= 0.6 is 11.6 Å². The van der Waals surface area contributed by atoms with Crippen molar-refractivity contribution >= 4 is 23.1 Å². The summed E-state index contributed by atoms with van der Waals surface area (Å²) in [7, 11) is 0. The number of benzene rings is 1. The second kappa shape index (κ2) is 5.45. The van der Waals surface area contributed by atoms with Crippen molar-refractivity contribution in [2.45, 2.75) is 0 Å². The van der Waals surface area contributed by atoms with Gasteiger partial charge in [-0.2, -0.15) is 0 Å². The molecule has 74 valence electrons. The maximum atomic E-state index is 10.9. The first-order chi connectivity index (χ1) is 6.74. The Balaban J connectivity index is 2.48. The van der Waals surface area contributed by atoms with E-state index in [1.807, 2.05) is 30.3 Å². The van der Waals surface area contributed by atoms with Gasteiger partial charge in [0.15, 0.2) is 0 Å². The van der Waals surface area contributed by atoms with E-state index in [4.69, 9.17) is 11.6 Å². The molecule has 0 aliphatic carbocycles. The first kappa shape index (κ1) is 10.8. The Kier molecular flexibility index (Phi) is 4.20. The predicted molar refractivity (Wildman–Crippen MR) is 59.2 cm³/mol. The van der Waals surface area contributed by atoms with Crippen LogP contribution in [-0.2, 0) is 4.79 Å². The summed E-state index contributed by atoms with van der Waals surface area (Å²) >= 11 is 5.34. The van der Waals surface area contributed by atoms with Crippen LogP contribution in [0.15, 0.2) is 36.9 Å². The highest BCUT2D eigenvalue weighted by Gasteiger charge is 2.00. The van der Waals surface area contributed by atoms with E-state index in [2.05, 4.69) is 11.9 Å². The van der Waals surface area contributed by atoms with Crippen LogP contribution in [0.2, 0.25) is 0 Å². The number of rotatable bonds is 4. The molecule has 1 amide bonds. The van der Waals surface area contributed by atoms with Crippen molar-refractivity contribution in [2.75, 3.05) is 12.4 Å². The van der Waals surface area contributed by atoms with E-state index in [0.717, 1.165) is 11.1 Å². The summed E-state index contributed by atoms with van der Waals surface area (Å²) in [4.78, 5) is 10.9. The second-order valence-corrected chi connectivity index (χ2v) is 3.15. The molecule has 0 aliphatic heterocycles. The monoisotopic (exact) mass is 209 g/mol. The molecule has 0 fully saturated rings. The summed E-state index contributed by atoms with van der Waals surface area (Å²) in [6.07, 6.45) is 0. The molecule has 0 unspecified atom stereocenters. The first-order valence-corrected chi connectivity index (χ1v) is 4.83. The van der Waals surface area contributed by atoms with Gasteiger partial charge in [0, 0.05) is 6.54 Å². The number of hydrogen-bond donors (Lipinski definition) is 1. The lowest BCUT2D eigenvalue weighted by atomic mass is 10.1. The summed E-state index contributed by atoms with van der Waals surface area (Å²) in [5.41, 5.74) is 1.91. The second-order valence-electron chi connectivity index (χ2n) is 2.88. The zero-order valence-electron chi connectivity index (χ0n) is 7.79. The van der Waals surface area contributed by atoms with Gasteiger partial charge < -0.3 is 5.32 Å². The fourth-order valence-electron chi connectivity index (χ4n) is 1.03. The van der Waals surface area contributed by atoms with Gasteiger partial charge in [-0.25, -0.2) is 0 Å².